The van der Waals surface area contributed by atoms with E-state index < -0.39 is 0 Å². The number of likely N-dealkylation sites (N-methyl/N-ethyl adjacent to an activating group) is 1. The Bertz CT molecular complexity index is 573. The number of rotatable bonds is 7. The molecule has 0 bridgehead atoms. The van der Waals surface area contributed by atoms with Gasteiger partial charge in [0.05, 0.1) is 10.7 Å². The van der Waals surface area contributed by atoms with E-state index in [-0.39, 0.29) is 0 Å². The molecule has 1 aromatic carbocycles. The molecule has 0 unspecified atom stereocenters. The molecule has 1 aromatic heterocycles. The highest BCUT2D eigenvalue weighted by Gasteiger charge is 2.22. The average Bonchev–Trinajstić information content (AvgIpc) is 3.23. The van der Waals surface area contributed by atoms with Gasteiger partial charge in [-0.05, 0) is 26.9 Å². The summed E-state index contributed by atoms with van der Waals surface area (Å²) in [7, 11) is 4.22. The van der Waals surface area contributed by atoms with Crippen LogP contribution in [0.25, 0.3) is 11.3 Å². The Balaban J connectivity index is 1.80. The van der Waals surface area contributed by atoms with Crippen molar-refractivity contribution in [2.24, 2.45) is 0 Å². The van der Waals surface area contributed by atoms with Crippen LogP contribution >= 0.6 is 11.3 Å². The first-order chi connectivity index (χ1) is 10.2. The monoisotopic (exact) mass is 301 g/mol. The van der Waals surface area contributed by atoms with Crippen molar-refractivity contribution in [2.75, 3.05) is 20.6 Å². The molecule has 0 aliphatic heterocycles. The number of hydrogen-bond acceptors (Lipinski definition) is 4. The lowest BCUT2D eigenvalue weighted by Gasteiger charge is -2.06. The zero-order chi connectivity index (χ0) is 14.7. The average molecular weight is 301 g/mol. The van der Waals surface area contributed by atoms with E-state index >= 15 is 0 Å². The SMILES string of the molecule is CN(C)CCc1nc(-c2ccccc2)c(CNC2CC2)s1. The standard InChI is InChI=1S/C17H23N3S/c1-20(2)11-10-16-19-17(13-6-4-3-5-7-13)15(21-16)12-18-14-8-9-14/h3-7,14,18H,8-12H2,1-2H3. The summed E-state index contributed by atoms with van der Waals surface area (Å²) < 4.78 is 0. The minimum Gasteiger partial charge on any atom is -0.309 e. The molecular formula is C17H23N3S. The first-order valence-corrected chi connectivity index (χ1v) is 8.46. The minimum atomic E-state index is 0.737. The topological polar surface area (TPSA) is 28.2 Å². The molecule has 112 valence electrons. The normalized spacial score (nSPS) is 14.8. The van der Waals surface area contributed by atoms with E-state index in [1.165, 1.54) is 34.0 Å². The molecule has 1 heterocycles. The Morgan fingerprint density at radius 3 is 2.67 bits per heavy atom. The number of thiazole rings is 1. The molecule has 3 rings (SSSR count). The Morgan fingerprint density at radius 2 is 2.00 bits per heavy atom. The highest BCUT2D eigenvalue weighted by molar-refractivity contribution is 7.12. The maximum Gasteiger partial charge on any atom is 0.0948 e. The van der Waals surface area contributed by atoms with Crippen molar-refractivity contribution in [2.45, 2.75) is 31.8 Å². The van der Waals surface area contributed by atoms with Gasteiger partial charge in [0.1, 0.15) is 0 Å². The van der Waals surface area contributed by atoms with Gasteiger partial charge in [-0.25, -0.2) is 4.98 Å². The zero-order valence-electron chi connectivity index (χ0n) is 12.8. The molecule has 21 heavy (non-hydrogen) atoms. The molecule has 0 spiro atoms. The van der Waals surface area contributed by atoms with Gasteiger partial charge in [-0.3, -0.25) is 0 Å². The first kappa shape index (κ1) is 14.7. The fourth-order valence-corrected chi connectivity index (χ4v) is 3.32. The predicted octanol–water partition coefficient (Wildman–Crippen LogP) is 3.17. The molecule has 1 N–H and O–H groups in total. The Hall–Kier alpha value is -1.23. The summed E-state index contributed by atoms with van der Waals surface area (Å²) in [4.78, 5) is 8.49. The number of nitrogens with zero attached hydrogens (tertiary/aromatic N) is 2. The van der Waals surface area contributed by atoms with Gasteiger partial charge in [-0.2, -0.15) is 0 Å². The third-order valence-electron chi connectivity index (χ3n) is 3.69. The van der Waals surface area contributed by atoms with Gasteiger partial charge in [0, 0.05) is 36.0 Å². The maximum atomic E-state index is 4.90. The van der Waals surface area contributed by atoms with Crippen LogP contribution in [0.3, 0.4) is 0 Å². The second-order valence-corrected chi connectivity index (χ2v) is 7.12. The van der Waals surface area contributed by atoms with Crippen molar-refractivity contribution in [1.29, 1.82) is 0 Å². The van der Waals surface area contributed by atoms with Crippen LogP contribution in [-0.4, -0.2) is 36.6 Å². The lowest BCUT2D eigenvalue weighted by atomic mass is 10.1. The Kier molecular flexibility index (Phi) is 4.68. The van der Waals surface area contributed by atoms with E-state index in [0.29, 0.717) is 0 Å². The number of nitrogens with one attached hydrogen (secondary N) is 1. The van der Waals surface area contributed by atoms with Gasteiger partial charge < -0.3 is 10.2 Å². The van der Waals surface area contributed by atoms with Gasteiger partial charge in [-0.1, -0.05) is 30.3 Å². The smallest absolute Gasteiger partial charge is 0.0948 e. The van der Waals surface area contributed by atoms with E-state index in [1.54, 1.807) is 0 Å². The van der Waals surface area contributed by atoms with Gasteiger partial charge >= 0.3 is 0 Å². The molecule has 3 nitrogen and oxygen atoms in total. The molecular weight excluding hydrogens is 278 g/mol. The lowest BCUT2D eigenvalue weighted by Crippen LogP contribution is -2.15. The summed E-state index contributed by atoms with van der Waals surface area (Å²) in [5.74, 6) is 0. The Morgan fingerprint density at radius 1 is 1.24 bits per heavy atom. The van der Waals surface area contributed by atoms with E-state index in [0.717, 1.165) is 25.6 Å². The maximum absolute atomic E-state index is 4.90. The molecule has 2 aromatic rings. The predicted molar refractivity (Wildman–Crippen MR) is 89.7 cm³/mol. The van der Waals surface area contributed by atoms with Crippen LogP contribution in [0, 0.1) is 0 Å². The van der Waals surface area contributed by atoms with Crippen LogP contribution in [0.5, 0.6) is 0 Å². The largest absolute Gasteiger partial charge is 0.309 e. The fourth-order valence-electron chi connectivity index (χ4n) is 2.29. The molecule has 0 amide bonds. The third-order valence-corrected chi connectivity index (χ3v) is 4.81. The first-order valence-electron chi connectivity index (χ1n) is 7.64. The third kappa shape index (κ3) is 4.13. The fraction of sp³-hybridized carbons (Fsp3) is 0.471. The van der Waals surface area contributed by atoms with Crippen molar-refractivity contribution in [3.63, 3.8) is 0 Å². The number of hydrogen-bond donors (Lipinski definition) is 1. The van der Waals surface area contributed by atoms with Gasteiger partial charge in [-0.15, -0.1) is 11.3 Å². The van der Waals surface area contributed by atoms with Crippen LogP contribution in [0.2, 0.25) is 0 Å². The number of aromatic nitrogens is 1. The van der Waals surface area contributed by atoms with Gasteiger partial charge in [0.25, 0.3) is 0 Å². The molecule has 1 fully saturated rings. The second kappa shape index (κ2) is 6.69. The molecule has 0 saturated heterocycles. The highest BCUT2D eigenvalue weighted by Crippen LogP contribution is 2.29. The molecule has 0 radical (unpaired) electrons. The van der Waals surface area contributed by atoms with Crippen LogP contribution in [0.4, 0.5) is 0 Å². The summed E-state index contributed by atoms with van der Waals surface area (Å²) in [6.07, 6.45) is 3.68. The van der Waals surface area contributed by atoms with Crippen molar-refractivity contribution in [1.82, 2.24) is 15.2 Å². The van der Waals surface area contributed by atoms with E-state index in [4.69, 9.17) is 4.98 Å². The van der Waals surface area contributed by atoms with Crippen LogP contribution < -0.4 is 5.32 Å². The zero-order valence-corrected chi connectivity index (χ0v) is 13.6. The van der Waals surface area contributed by atoms with Crippen molar-refractivity contribution >= 4 is 11.3 Å². The lowest BCUT2D eigenvalue weighted by molar-refractivity contribution is 0.413. The molecule has 4 heteroatoms. The Labute approximate surface area is 131 Å². The highest BCUT2D eigenvalue weighted by atomic mass is 32.1. The van der Waals surface area contributed by atoms with Crippen molar-refractivity contribution in [3.8, 4) is 11.3 Å². The van der Waals surface area contributed by atoms with E-state index in [1.807, 2.05) is 11.3 Å². The summed E-state index contributed by atoms with van der Waals surface area (Å²) in [6.45, 7) is 2.01. The van der Waals surface area contributed by atoms with Crippen LogP contribution in [0.15, 0.2) is 30.3 Å². The molecule has 1 saturated carbocycles. The van der Waals surface area contributed by atoms with Gasteiger partial charge in [0.15, 0.2) is 0 Å². The van der Waals surface area contributed by atoms with E-state index in [2.05, 4.69) is 54.6 Å². The summed E-state index contributed by atoms with van der Waals surface area (Å²) in [6, 6.07) is 11.3. The second-order valence-electron chi connectivity index (χ2n) is 5.95. The molecule has 0 atom stereocenters. The molecule has 1 aliphatic carbocycles. The number of benzene rings is 1. The minimum absolute atomic E-state index is 0.737. The van der Waals surface area contributed by atoms with Gasteiger partial charge in [0.2, 0.25) is 0 Å². The summed E-state index contributed by atoms with van der Waals surface area (Å²) in [5, 5.41) is 4.87. The van der Waals surface area contributed by atoms with Crippen molar-refractivity contribution < 1.29 is 0 Å². The van der Waals surface area contributed by atoms with E-state index in [9.17, 15) is 0 Å². The molecule has 1 aliphatic rings. The summed E-state index contributed by atoms with van der Waals surface area (Å²) in [5.41, 5.74) is 2.40. The van der Waals surface area contributed by atoms with Crippen LogP contribution in [-0.2, 0) is 13.0 Å². The quantitative estimate of drug-likeness (QED) is 0.851. The van der Waals surface area contributed by atoms with Crippen molar-refractivity contribution in [3.05, 3.63) is 40.2 Å². The van der Waals surface area contributed by atoms with Crippen LogP contribution in [0.1, 0.15) is 22.7 Å². The summed E-state index contributed by atoms with van der Waals surface area (Å²) >= 11 is 1.87.